The van der Waals surface area contributed by atoms with E-state index < -0.39 is 12.1 Å². The third-order valence-corrected chi connectivity index (χ3v) is 3.67. The van der Waals surface area contributed by atoms with E-state index in [0.29, 0.717) is 5.01 Å². The zero-order valence-electron chi connectivity index (χ0n) is 12.1. The van der Waals surface area contributed by atoms with Crippen LogP contribution < -0.4 is 10.9 Å². The minimum absolute atomic E-state index is 0.222. The van der Waals surface area contributed by atoms with Gasteiger partial charge in [-0.1, -0.05) is 12.1 Å². The summed E-state index contributed by atoms with van der Waals surface area (Å²) in [5, 5.41) is 0.499. The third-order valence-electron chi connectivity index (χ3n) is 2.60. The summed E-state index contributed by atoms with van der Waals surface area (Å²) in [6.07, 6.45) is 0.649. The average molecular weight is 321 g/mol. The van der Waals surface area contributed by atoms with Gasteiger partial charge in [-0.2, -0.15) is 0 Å². The second-order valence-corrected chi connectivity index (χ2v) is 5.06. The molecule has 1 aromatic carbocycles. The summed E-state index contributed by atoms with van der Waals surface area (Å²) < 4.78 is 10.4. The fourth-order valence-corrected chi connectivity index (χ4v) is 2.59. The van der Waals surface area contributed by atoms with E-state index in [4.69, 9.17) is 4.74 Å². The molecule has 2 N–H and O–H groups in total. The number of carbonyl (C=O) groups excluding carboxylic acids is 2. The van der Waals surface area contributed by atoms with Gasteiger partial charge in [0, 0.05) is 6.20 Å². The first-order valence-electron chi connectivity index (χ1n) is 6.48. The normalized spacial score (nSPS) is 11.1. The van der Waals surface area contributed by atoms with Gasteiger partial charge in [-0.25, -0.2) is 20.0 Å². The summed E-state index contributed by atoms with van der Waals surface area (Å²) in [7, 11) is 1.24. The van der Waals surface area contributed by atoms with Crippen LogP contribution in [-0.4, -0.2) is 30.8 Å². The molecule has 1 heterocycles. The van der Waals surface area contributed by atoms with E-state index in [2.05, 4.69) is 20.6 Å². The number of para-hydroxylation sites is 1. The van der Waals surface area contributed by atoms with E-state index >= 15 is 0 Å². The van der Waals surface area contributed by atoms with Crippen molar-refractivity contribution >= 4 is 39.2 Å². The van der Waals surface area contributed by atoms with Gasteiger partial charge in [0.25, 0.3) is 0 Å². The topological polar surface area (TPSA) is 89.6 Å². The van der Waals surface area contributed by atoms with Crippen LogP contribution in [0, 0.1) is 0 Å². The Hall–Kier alpha value is -2.61. The van der Waals surface area contributed by atoms with Crippen molar-refractivity contribution in [3.8, 4) is 0 Å². The molecule has 7 nitrogen and oxygen atoms in total. The minimum atomic E-state index is -0.677. The number of carbonyl (C=O) groups is 2. The van der Waals surface area contributed by atoms with Crippen molar-refractivity contribution in [1.82, 2.24) is 15.8 Å². The Bertz CT molecular complexity index is 678. The van der Waals surface area contributed by atoms with Gasteiger partial charge >= 0.3 is 12.1 Å². The van der Waals surface area contributed by atoms with Crippen molar-refractivity contribution in [2.75, 3.05) is 13.7 Å². The quantitative estimate of drug-likeness (QED) is 0.498. The SMILES string of the molecule is CCOC(=O)C(=CNNC(=O)OC)c1nc2ccccc2s1. The number of amides is 1. The summed E-state index contributed by atoms with van der Waals surface area (Å²) in [4.78, 5) is 27.5. The van der Waals surface area contributed by atoms with Crippen molar-refractivity contribution in [3.05, 3.63) is 35.5 Å². The summed E-state index contributed by atoms with van der Waals surface area (Å²) in [6, 6.07) is 7.55. The highest BCUT2D eigenvalue weighted by Gasteiger charge is 2.17. The molecule has 2 aromatic rings. The molecule has 0 atom stereocenters. The maximum Gasteiger partial charge on any atom is 0.425 e. The number of nitrogens with one attached hydrogen (secondary N) is 2. The van der Waals surface area contributed by atoms with Gasteiger partial charge < -0.3 is 14.9 Å². The molecule has 116 valence electrons. The number of nitrogens with zero attached hydrogens (tertiary/aromatic N) is 1. The first kappa shape index (κ1) is 15.8. The summed E-state index contributed by atoms with van der Waals surface area (Å²) >= 11 is 1.36. The fourth-order valence-electron chi connectivity index (χ4n) is 1.62. The molecule has 0 saturated heterocycles. The van der Waals surface area contributed by atoms with Gasteiger partial charge in [0.05, 0.1) is 23.9 Å². The predicted molar refractivity (Wildman–Crippen MR) is 82.9 cm³/mol. The molecule has 2 rings (SSSR count). The number of hydrogen-bond donors (Lipinski definition) is 2. The van der Waals surface area contributed by atoms with Gasteiger partial charge in [-0.05, 0) is 19.1 Å². The Balaban J connectivity index is 2.28. The molecular formula is C14H15N3O4S. The van der Waals surface area contributed by atoms with Gasteiger partial charge in [-0.15, -0.1) is 11.3 Å². The number of aromatic nitrogens is 1. The largest absolute Gasteiger partial charge is 0.462 e. The van der Waals surface area contributed by atoms with Gasteiger partial charge in [-0.3, -0.25) is 0 Å². The van der Waals surface area contributed by atoms with E-state index in [9.17, 15) is 9.59 Å². The molecule has 0 radical (unpaired) electrons. The lowest BCUT2D eigenvalue weighted by molar-refractivity contribution is -0.136. The minimum Gasteiger partial charge on any atom is -0.462 e. The Morgan fingerprint density at radius 1 is 1.36 bits per heavy atom. The molecule has 0 aliphatic rings. The summed E-state index contributed by atoms with van der Waals surface area (Å²) in [5.41, 5.74) is 5.75. The predicted octanol–water partition coefficient (Wildman–Crippen LogP) is 2.06. The first-order chi connectivity index (χ1) is 10.7. The number of fused-ring (bicyclic) bond motifs is 1. The monoisotopic (exact) mass is 321 g/mol. The Morgan fingerprint density at radius 2 is 2.14 bits per heavy atom. The Labute approximate surface area is 130 Å². The van der Waals surface area contributed by atoms with Crippen LogP contribution in [0.3, 0.4) is 0 Å². The lowest BCUT2D eigenvalue weighted by atomic mass is 10.3. The van der Waals surface area contributed by atoms with Crippen LogP contribution in [0.1, 0.15) is 11.9 Å². The van der Waals surface area contributed by atoms with Crippen molar-refractivity contribution in [2.24, 2.45) is 0 Å². The van der Waals surface area contributed by atoms with Gasteiger partial charge in [0.15, 0.2) is 0 Å². The van der Waals surface area contributed by atoms with Crippen molar-refractivity contribution in [3.63, 3.8) is 0 Å². The lowest BCUT2D eigenvalue weighted by Crippen LogP contribution is -2.33. The maximum atomic E-state index is 12.1. The summed E-state index contributed by atoms with van der Waals surface area (Å²) in [6.45, 7) is 1.96. The molecule has 22 heavy (non-hydrogen) atoms. The molecule has 0 aliphatic heterocycles. The van der Waals surface area contributed by atoms with Crippen molar-refractivity contribution in [1.29, 1.82) is 0 Å². The Morgan fingerprint density at radius 3 is 2.82 bits per heavy atom. The van der Waals surface area contributed by atoms with Crippen molar-refractivity contribution < 1.29 is 19.1 Å². The number of ether oxygens (including phenoxy) is 2. The molecule has 0 spiro atoms. The number of rotatable bonds is 5. The molecule has 0 fully saturated rings. The second-order valence-electron chi connectivity index (χ2n) is 4.03. The number of hydrogen-bond acceptors (Lipinski definition) is 7. The van der Waals surface area contributed by atoms with Crippen LogP contribution in [0.4, 0.5) is 4.79 Å². The third kappa shape index (κ3) is 3.73. The highest BCUT2D eigenvalue weighted by molar-refractivity contribution is 7.19. The van der Waals surface area contributed by atoms with E-state index in [1.807, 2.05) is 24.3 Å². The zero-order valence-corrected chi connectivity index (χ0v) is 12.9. The highest BCUT2D eigenvalue weighted by Crippen LogP contribution is 2.27. The number of thiazole rings is 1. The zero-order chi connectivity index (χ0) is 15.9. The molecule has 1 aromatic heterocycles. The van der Waals surface area contributed by atoms with Crippen LogP contribution in [-0.2, 0) is 14.3 Å². The second kappa shape index (κ2) is 7.41. The molecule has 0 bridgehead atoms. The molecule has 0 aliphatic carbocycles. The first-order valence-corrected chi connectivity index (χ1v) is 7.30. The van der Waals surface area contributed by atoms with Gasteiger partial charge in [0.2, 0.25) is 0 Å². The van der Waals surface area contributed by atoms with E-state index in [1.165, 1.54) is 24.6 Å². The molecule has 1 amide bonds. The average Bonchev–Trinajstić information content (AvgIpc) is 2.94. The van der Waals surface area contributed by atoms with Gasteiger partial charge in [0.1, 0.15) is 10.6 Å². The highest BCUT2D eigenvalue weighted by atomic mass is 32.1. The van der Waals surface area contributed by atoms with E-state index in [1.54, 1.807) is 6.92 Å². The standard InChI is InChI=1S/C14H15N3O4S/c1-3-21-13(18)9(8-15-17-14(19)20-2)12-16-10-6-4-5-7-11(10)22-12/h4-8,15H,3H2,1-2H3,(H,17,19). The van der Waals surface area contributed by atoms with Crippen LogP contribution in [0.5, 0.6) is 0 Å². The number of methoxy groups -OCH3 is 1. The molecule has 0 saturated carbocycles. The van der Waals surface area contributed by atoms with E-state index in [-0.39, 0.29) is 12.2 Å². The summed E-state index contributed by atoms with van der Waals surface area (Å²) in [5.74, 6) is -0.527. The molecule has 8 heteroatoms. The van der Waals surface area contributed by atoms with E-state index in [0.717, 1.165) is 10.2 Å². The number of hydrazine groups is 1. The Kier molecular flexibility index (Phi) is 5.31. The van der Waals surface area contributed by atoms with Crippen molar-refractivity contribution in [2.45, 2.75) is 6.92 Å². The maximum absolute atomic E-state index is 12.1. The smallest absolute Gasteiger partial charge is 0.425 e. The van der Waals surface area contributed by atoms with Crippen LogP contribution in [0.15, 0.2) is 30.5 Å². The number of esters is 1. The van der Waals surface area contributed by atoms with Crippen LogP contribution in [0.25, 0.3) is 15.8 Å². The van der Waals surface area contributed by atoms with Crippen LogP contribution >= 0.6 is 11.3 Å². The van der Waals surface area contributed by atoms with Crippen LogP contribution in [0.2, 0.25) is 0 Å². The molecule has 0 unspecified atom stereocenters. The fraction of sp³-hybridized carbons (Fsp3) is 0.214. The number of benzene rings is 1. The lowest BCUT2D eigenvalue weighted by Gasteiger charge is -2.06. The molecular weight excluding hydrogens is 306 g/mol.